The van der Waals surface area contributed by atoms with E-state index in [1.165, 1.54) is 16.2 Å². The third kappa shape index (κ3) is 4.69. The lowest BCUT2D eigenvalue weighted by atomic mass is 10.1. The van der Waals surface area contributed by atoms with E-state index in [1.807, 2.05) is 37.3 Å². The Balaban J connectivity index is 1.74. The van der Waals surface area contributed by atoms with Crippen molar-refractivity contribution in [2.75, 3.05) is 11.9 Å². The zero-order valence-electron chi connectivity index (χ0n) is 16.4. The molecule has 1 saturated heterocycles. The van der Waals surface area contributed by atoms with Crippen LogP contribution < -0.4 is 5.32 Å². The molecule has 2 atom stereocenters. The topological polar surface area (TPSA) is 91.8 Å². The number of hydrogen-bond donors (Lipinski definition) is 2. The molecule has 1 aliphatic rings. The van der Waals surface area contributed by atoms with E-state index in [1.54, 1.807) is 20.8 Å². The average molecular weight is 404 g/mol. The van der Waals surface area contributed by atoms with Crippen LogP contribution in [0.15, 0.2) is 30.3 Å². The minimum Gasteiger partial charge on any atom is -0.444 e. The molecule has 2 N–H and O–H groups in total. The Morgan fingerprint density at radius 3 is 2.61 bits per heavy atom. The lowest BCUT2D eigenvalue weighted by Crippen LogP contribution is -2.45. The van der Waals surface area contributed by atoms with Gasteiger partial charge in [0.1, 0.15) is 11.6 Å². The Morgan fingerprint density at radius 2 is 1.96 bits per heavy atom. The second-order valence-electron chi connectivity index (χ2n) is 7.82. The number of amides is 2. The molecule has 2 heterocycles. The number of carbonyl (C=O) groups excluding carboxylic acids is 2. The predicted molar refractivity (Wildman–Crippen MR) is 108 cm³/mol. The zero-order valence-corrected chi connectivity index (χ0v) is 17.2. The number of likely N-dealkylation sites (tertiary alicyclic amines) is 1. The minimum absolute atomic E-state index is 0.0686. The summed E-state index contributed by atoms with van der Waals surface area (Å²) in [5.41, 5.74) is 1.11. The van der Waals surface area contributed by atoms with Crippen LogP contribution >= 0.6 is 11.3 Å². The minimum atomic E-state index is -0.797. The molecular weight excluding hydrogens is 378 g/mol. The third-order valence-electron chi connectivity index (χ3n) is 4.28. The normalized spacial score (nSPS) is 19.5. The molecule has 8 heteroatoms. The van der Waals surface area contributed by atoms with Gasteiger partial charge in [0, 0.05) is 16.9 Å². The molecule has 0 bridgehead atoms. The number of nitrogens with zero attached hydrogens (tertiary/aromatic N) is 2. The number of β-amino-alcohol motifs (C(OH)–C–C–N with tert-alkyl or cyclic N) is 1. The number of aliphatic hydroxyl groups is 1. The summed E-state index contributed by atoms with van der Waals surface area (Å²) < 4.78 is 5.36. The molecule has 0 radical (unpaired) electrons. The van der Waals surface area contributed by atoms with E-state index in [9.17, 15) is 14.7 Å². The SMILES string of the molecule is Cc1sc(NC(=O)[C@@H]2C[C@@H](O)CN2C(=O)OC(C)(C)C)nc1-c1ccccc1. The van der Waals surface area contributed by atoms with E-state index in [0.29, 0.717) is 5.13 Å². The van der Waals surface area contributed by atoms with Gasteiger partial charge < -0.3 is 15.2 Å². The summed E-state index contributed by atoms with van der Waals surface area (Å²) in [6.07, 6.45) is -1.20. The van der Waals surface area contributed by atoms with Crippen LogP contribution in [-0.4, -0.2) is 51.3 Å². The fraction of sp³-hybridized carbons (Fsp3) is 0.450. The molecule has 150 valence electrons. The van der Waals surface area contributed by atoms with Gasteiger partial charge in [-0.1, -0.05) is 30.3 Å². The van der Waals surface area contributed by atoms with Crippen LogP contribution in [-0.2, 0) is 9.53 Å². The molecule has 0 saturated carbocycles. The largest absolute Gasteiger partial charge is 0.444 e. The van der Waals surface area contributed by atoms with Crippen molar-refractivity contribution in [3.63, 3.8) is 0 Å². The van der Waals surface area contributed by atoms with Crippen molar-refractivity contribution in [3.05, 3.63) is 35.2 Å². The smallest absolute Gasteiger partial charge is 0.411 e. The average Bonchev–Trinajstić information content (AvgIpc) is 3.17. The van der Waals surface area contributed by atoms with Crippen LogP contribution in [0.5, 0.6) is 0 Å². The second-order valence-corrected chi connectivity index (χ2v) is 9.02. The molecule has 3 rings (SSSR count). The summed E-state index contributed by atoms with van der Waals surface area (Å²) in [6.45, 7) is 7.29. The number of carbonyl (C=O) groups is 2. The molecule has 1 fully saturated rings. The van der Waals surface area contributed by atoms with Crippen LogP contribution in [0, 0.1) is 6.92 Å². The number of aliphatic hydroxyl groups excluding tert-OH is 1. The highest BCUT2D eigenvalue weighted by molar-refractivity contribution is 7.16. The van der Waals surface area contributed by atoms with Gasteiger partial charge in [-0.2, -0.15) is 0 Å². The van der Waals surface area contributed by atoms with E-state index < -0.39 is 23.8 Å². The van der Waals surface area contributed by atoms with Crippen LogP contribution in [0.2, 0.25) is 0 Å². The number of benzene rings is 1. The van der Waals surface area contributed by atoms with Gasteiger partial charge >= 0.3 is 6.09 Å². The molecule has 0 aliphatic carbocycles. The maximum Gasteiger partial charge on any atom is 0.411 e. The fourth-order valence-electron chi connectivity index (χ4n) is 3.09. The molecule has 2 amide bonds. The van der Waals surface area contributed by atoms with Crippen molar-refractivity contribution in [1.82, 2.24) is 9.88 Å². The molecule has 2 aromatic rings. The summed E-state index contributed by atoms with van der Waals surface area (Å²) in [5, 5.41) is 13.2. The first-order valence-corrected chi connectivity index (χ1v) is 9.97. The molecule has 0 unspecified atom stereocenters. The van der Waals surface area contributed by atoms with Gasteiger partial charge in [0.2, 0.25) is 5.91 Å². The lowest BCUT2D eigenvalue weighted by Gasteiger charge is -2.27. The summed E-state index contributed by atoms with van der Waals surface area (Å²) in [5.74, 6) is -0.379. The molecular formula is C20H25N3O4S. The zero-order chi connectivity index (χ0) is 20.5. The van der Waals surface area contributed by atoms with Gasteiger partial charge in [-0.05, 0) is 27.7 Å². The van der Waals surface area contributed by atoms with Gasteiger partial charge in [0.05, 0.1) is 18.3 Å². The number of nitrogens with one attached hydrogen (secondary N) is 1. The van der Waals surface area contributed by atoms with Gasteiger partial charge in [-0.3, -0.25) is 9.69 Å². The Labute approximate surface area is 168 Å². The van der Waals surface area contributed by atoms with Crippen molar-refractivity contribution in [3.8, 4) is 11.3 Å². The van der Waals surface area contributed by atoms with Crippen molar-refractivity contribution in [2.24, 2.45) is 0 Å². The summed E-state index contributed by atoms with van der Waals surface area (Å²) in [6, 6.07) is 8.94. The van der Waals surface area contributed by atoms with Crippen molar-refractivity contribution in [2.45, 2.75) is 51.9 Å². The number of rotatable bonds is 3. The third-order valence-corrected chi connectivity index (χ3v) is 5.17. The highest BCUT2D eigenvalue weighted by atomic mass is 32.1. The number of aryl methyl sites for hydroxylation is 1. The highest BCUT2D eigenvalue weighted by Gasteiger charge is 2.41. The Bertz CT molecular complexity index is 860. The van der Waals surface area contributed by atoms with Crippen LogP contribution in [0.25, 0.3) is 11.3 Å². The molecule has 0 spiro atoms. The number of hydrogen-bond acceptors (Lipinski definition) is 6. The van der Waals surface area contributed by atoms with Gasteiger partial charge in [-0.25, -0.2) is 9.78 Å². The molecule has 1 aromatic carbocycles. The Kier molecular flexibility index (Phi) is 5.71. The standard InChI is InChI=1S/C20H25N3O4S/c1-12-16(13-8-6-5-7-9-13)21-18(28-12)22-17(25)15-10-14(24)11-23(15)19(26)27-20(2,3)4/h5-9,14-15,24H,10-11H2,1-4H3,(H,21,22,25)/t14-,15+/m1/s1. The van der Waals surface area contributed by atoms with Crippen molar-refractivity contribution in [1.29, 1.82) is 0 Å². The highest BCUT2D eigenvalue weighted by Crippen LogP contribution is 2.31. The quantitative estimate of drug-likeness (QED) is 0.819. The second kappa shape index (κ2) is 7.89. The fourth-order valence-corrected chi connectivity index (χ4v) is 3.93. The number of thiazole rings is 1. The van der Waals surface area contributed by atoms with Crippen molar-refractivity contribution < 1.29 is 19.4 Å². The molecule has 1 aliphatic heterocycles. The van der Waals surface area contributed by atoms with E-state index in [-0.39, 0.29) is 18.9 Å². The number of anilines is 1. The van der Waals surface area contributed by atoms with E-state index in [4.69, 9.17) is 4.74 Å². The first-order chi connectivity index (χ1) is 13.1. The molecule has 1 aromatic heterocycles. The van der Waals surface area contributed by atoms with E-state index in [0.717, 1.165) is 16.1 Å². The Morgan fingerprint density at radius 1 is 1.29 bits per heavy atom. The van der Waals surface area contributed by atoms with Crippen LogP contribution in [0.1, 0.15) is 32.1 Å². The van der Waals surface area contributed by atoms with E-state index >= 15 is 0 Å². The van der Waals surface area contributed by atoms with Crippen molar-refractivity contribution >= 4 is 28.5 Å². The monoisotopic (exact) mass is 403 g/mol. The number of aromatic nitrogens is 1. The van der Waals surface area contributed by atoms with Gasteiger partial charge in [0.25, 0.3) is 0 Å². The summed E-state index contributed by atoms with van der Waals surface area (Å²) >= 11 is 1.38. The summed E-state index contributed by atoms with van der Waals surface area (Å²) in [7, 11) is 0. The Hall–Kier alpha value is -2.45. The van der Waals surface area contributed by atoms with E-state index in [2.05, 4.69) is 10.3 Å². The van der Waals surface area contributed by atoms with Gasteiger partial charge in [-0.15, -0.1) is 11.3 Å². The lowest BCUT2D eigenvalue weighted by molar-refractivity contribution is -0.120. The predicted octanol–water partition coefficient (Wildman–Crippen LogP) is 3.43. The first kappa shape index (κ1) is 20.3. The number of ether oxygens (including phenoxy) is 1. The van der Waals surface area contributed by atoms with Crippen LogP contribution in [0.3, 0.4) is 0 Å². The maximum absolute atomic E-state index is 12.8. The molecule has 7 nitrogen and oxygen atoms in total. The maximum atomic E-state index is 12.8. The first-order valence-electron chi connectivity index (χ1n) is 9.15. The summed E-state index contributed by atoms with van der Waals surface area (Å²) in [4.78, 5) is 32.0. The van der Waals surface area contributed by atoms with Crippen LogP contribution in [0.4, 0.5) is 9.93 Å². The molecule has 28 heavy (non-hydrogen) atoms. The van der Waals surface area contributed by atoms with Gasteiger partial charge in [0.15, 0.2) is 5.13 Å².